The number of hydrogen-bond donors (Lipinski definition) is 1. The Hall–Kier alpha value is -1.68. The predicted molar refractivity (Wildman–Crippen MR) is 79.9 cm³/mol. The molecule has 1 aliphatic heterocycles. The molecule has 20 heavy (non-hydrogen) atoms. The molecule has 1 aromatic heterocycles. The molecule has 1 aromatic carbocycles. The van der Waals surface area contributed by atoms with Crippen LogP contribution >= 0.6 is 0 Å². The van der Waals surface area contributed by atoms with Crippen molar-refractivity contribution in [2.45, 2.75) is 38.1 Å². The van der Waals surface area contributed by atoms with E-state index in [9.17, 15) is 0 Å². The van der Waals surface area contributed by atoms with E-state index in [2.05, 4.69) is 15.3 Å². The number of benzene rings is 1. The Kier molecular flexibility index (Phi) is 4.43. The minimum absolute atomic E-state index is 0.625. The fourth-order valence-corrected chi connectivity index (χ4v) is 2.69. The molecule has 4 nitrogen and oxygen atoms in total. The minimum Gasteiger partial charge on any atom is -0.477 e. The Bertz CT molecular complexity index is 552. The lowest BCUT2D eigenvalue weighted by Gasteiger charge is -2.23. The molecule has 1 aliphatic rings. The highest BCUT2D eigenvalue weighted by Gasteiger charge is 2.11. The van der Waals surface area contributed by atoms with Gasteiger partial charge in [-0.15, -0.1) is 0 Å². The maximum atomic E-state index is 5.70. The van der Waals surface area contributed by atoms with Crippen molar-refractivity contribution in [2.24, 2.45) is 0 Å². The molecule has 0 spiro atoms. The summed E-state index contributed by atoms with van der Waals surface area (Å²) in [6, 6.07) is 8.53. The van der Waals surface area contributed by atoms with Crippen LogP contribution in [0.2, 0.25) is 0 Å². The first-order valence-electron chi connectivity index (χ1n) is 7.50. The first kappa shape index (κ1) is 13.3. The van der Waals surface area contributed by atoms with Gasteiger partial charge in [-0.25, -0.2) is 9.97 Å². The molecule has 4 heteroatoms. The van der Waals surface area contributed by atoms with E-state index in [0.29, 0.717) is 18.5 Å². The molecule has 1 fully saturated rings. The highest BCUT2D eigenvalue weighted by atomic mass is 16.5. The topological polar surface area (TPSA) is 47.0 Å². The van der Waals surface area contributed by atoms with Gasteiger partial charge in [-0.3, -0.25) is 0 Å². The molecule has 0 amide bonds. The van der Waals surface area contributed by atoms with Crippen LogP contribution in [0.3, 0.4) is 0 Å². The average molecular weight is 271 g/mol. The summed E-state index contributed by atoms with van der Waals surface area (Å²) in [5.74, 6) is 0.625. The summed E-state index contributed by atoms with van der Waals surface area (Å²) >= 11 is 0. The number of ether oxygens (including phenoxy) is 1. The zero-order valence-electron chi connectivity index (χ0n) is 11.7. The highest BCUT2D eigenvalue weighted by Crippen LogP contribution is 2.14. The minimum atomic E-state index is 0.625. The van der Waals surface area contributed by atoms with Gasteiger partial charge >= 0.3 is 0 Å². The van der Waals surface area contributed by atoms with Crippen molar-refractivity contribution in [3.8, 4) is 5.88 Å². The number of nitrogens with zero attached hydrogens (tertiary/aromatic N) is 2. The maximum absolute atomic E-state index is 5.70. The number of hydrogen-bond acceptors (Lipinski definition) is 4. The maximum Gasteiger partial charge on any atom is 0.232 e. The third-order valence-electron chi connectivity index (χ3n) is 3.79. The molecule has 1 saturated heterocycles. The first-order valence-corrected chi connectivity index (χ1v) is 7.50. The Balaban J connectivity index is 1.47. The van der Waals surface area contributed by atoms with Crippen LogP contribution in [0.4, 0.5) is 0 Å². The van der Waals surface area contributed by atoms with Crippen LogP contribution in [0, 0.1) is 0 Å². The van der Waals surface area contributed by atoms with Crippen molar-refractivity contribution in [3.05, 3.63) is 30.5 Å². The van der Waals surface area contributed by atoms with Crippen molar-refractivity contribution in [2.75, 3.05) is 13.2 Å². The number of aromatic nitrogens is 2. The van der Waals surface area contributed by atoms with Gasteiger partial charge in [0.2, 0.25) is 5.88 Å². The molecule has 0 unspecified atom stereocenters. The van der Waals surface area contributed by atoms with E-state index in [1.807, 2.05) is 24.3 Å². The van der Waals surface area contributed by atoms with Gasteiger partial charge in [0.05, 0.1) is 23.8 Å². The van der Waals surface area contributed by atoms with E-state index in [1.165, 1.54) is 32.2 Å². The molecule has 1 atom stereocenters. The van der Waals surface area contributed by atoms with Gasteiger partial charge < -0.3 is 10.1 Å². The van der Waals surface area contributed by atoms with Crippen molar-refractivity contribution in [1.82, 2.24) is 15.3 Å². The van der Waals surface area contributed by atoms with Crippen LogP contribution in [0.15, 0.2) is 30.5 Å². The zero-order chi connectivity index (χ0) is 13.6. The molecular weight excluding hydrogens is 250 g/mol. The summed E-state index contributed by atoms with van der Waals surface area (Å²) in [4.78, 5) is 8.81. The predicted octanol–water partition coefficient (Wildman–Crippen LogP) is 2.93. The molecule has 106 valence electrons. The van der Waals surface area contributed by atoms with Gasteiger partial charge in [-0.1, -0.05) is 18.6 Å². The highest BCUT2D eigenvalue weighted by molar-refractivity contribution is 5.73. The van der Waals surface area contributed by atoms with Gasteiger partial charge in [0.15, 0.2) is 0 Å². The fourth-order valence-electron chi connectivity index (χ4n) is 2.69. The molecule has 2 heterocycles. The van der Waals surface area contributed by atoms with Crippen LogP contribution in [-0.2, 0) is 0 Å². The largest absolute Gasteiger partial charge is 0.477 e. The molecule has 2 aromatic rings. The van der Waals surface area contributed by atoms with Crippen LogP contribution in [0.25, 0.3) is 11.0 Å². The smallest absolute Gasteiger partial charge is 0.232 e. The van der Waals surface area contributed by atoms with Crippen LogP contribution < -0.4 is 10.1 Å². The Morgan fingerprint density at radius 2 is 2.10 bits per heavy atom. The van der Waals surface area contributed by atoms with E-state index in [0.717, 1.165) is 17.5 Å². The third kappa shape index (κ3) is 3.45. The standard InChI is InChI=1S/C16H21N3O/c1-2-9-15-14(8-1)18-12-16(19-15)20-11-5-7-13-6-3-4-10-17-13/h1-2,8-9,12-13,17H,3-7,10-11H2/t13-/m0/s1. The van der Waals surface area contributed by atoms with Crippen molar-refractivity contribution < 1.29 is 4.74 Å². The van der Waals surface area contributed by atoms with E-state index in [1.54, 1.807) is 6.20 Å². The number of piperidine rings is 1. The molecule has 0 radical (unpaired) electrons. The third-order valence-corrected chi connectivity index (χ3v) is 3.79. The molecule has 0 aliphatic carbocycles. The molecule has 0 bridgehead atoms. The van der Waals surface area contributed by atoms with E-state index >= 15 is 0 Å². The lowest BCUT2D eigenvalue weighted by molar-refractivity contribution is 0.276. The quantitative estimate of drug-likeness (QED) is 0.849. The summed E-state index contributed by atoms with van der Waals surface area (Å²) in [6.07, 6.45) is 7.93. The summed E-state index contributed by atoms with van der Waals surface area (Å²) in [5, 5.41) is 3.56. The number of rotatable bonds is 5. The summed E-state index contributed by atoms with van der Waals surface area (Å²) < 4.78 is 5.70. The lowest BCUT2D eigenvalue weighted by atomic mass is 10.0. The lowest BCUT2D eigenvalue weighted by Crippen LogP contribution is -2.34. The molecule has 1 N–H and O–H groups in total. The second-order valence-corrected chi connectivity index (χ2v) is 5.33. The monoisotopic (exact) mass is 271 g/mol. The van der Waals surface area contributed by atoms with Crippen LogP contribution in [-0.4, -0.2) is 29.2 Å². The number of fused-ring (bicyclic) bond motifs is 1. The van der Waals surface area contributed by atoms with E-state index < -0.39 is 0 Å². The molecular formula is C16H21N3O. The molecule has 0 saturated carbocycles. The summed E-state index contributed by atoms with van der Waals surface area (Å²) in [7, 11) is 0. The zero-order valence-corrected chi connectivity index (χ0v) is 11.7. The van der Waals surface area contributed by atoms with Crippen molar-refractivity contribution in [3.63, 3.8) is 0 Å². The van der Waals surface area contributed by atoms with E-state index in [-0.39, 0.29) is 0 Å². The SMILES string of the molecule is c1ccc2nc(OCCC[C@@H]3CCCCN3)cnc2c1. The van der Waals surface area contributed by atoms with Crippen molar-refractivity contribution >= 4 is 11.0 Å². The normalized spacial score (nSPS) is 19.1. The second-order valence-electron chi connectivity index (χ2n) is 5.33. The second kappa shape index (κ2) is 6.66. The number of para-hydroxylation sites is 2. The van der Waals surface area contributed by atoms with Gasteiger partial charge in [0, 0.05) is 6.04 Å². The summed E-state index contributed by atoms with van der Waals surface area (Å²) in [5.41, 5.74) is 1.80. The Labute approximate surface area is 119 Å². The first-order chi connectivity index (χ1) is 9.92. The average Bonchev–Trinajstić information content (AvgIpc) is 2.52. The van der Waals surface area contributed by atoms with Gasteiger partial charge in [0.25, 0.3) is 0 Å². The van der Waals surface area contributed by atoms with Crippen LogP contribution in [0.1, 0.15) is 32.1 Å². The molecule has 3 rings (SSSR count). The Morgan fingerprint density at radius 3 is 2.95 bits per heavy atom. The number of nitrogens with one attached hydrogen (secondary N) is 1. The van der Waals surface area contributed by atoms with Gasteiger partial charge in [0.1, 0.15) is 0 Å². The van der Waals surface area contributed by atoms with E-state index in [4.69, 9.17) is 4.74 Å². The van der Waals surface area contributed by atoms with Gasteiger partial charge in [-0.2, -0.15) is 0 Å². The van der Waals surface area contributed by atoms with Gasteiger partial charge in [-0.05, 0) is 44.4 Å². The van der Waals surface area contributed by atoms with Crippen molar-refractivity contribution in [1.29, 1.82) is 0 Å². The summed E-state index contributed by atoms with van der Waals surface area (Å²) in [6.45, 7) is 1.88. The van der Waals surface area contributed by atoms with Crippen LogP contribution in [0.5, 0.6) is 5.88 Å². The fraction of sp³-hybridized carbons (Fsp3) is 0.500. The Morgan fingerprint density at radius 1 is 1.20 bits per heavy atom.